The molecule has 1 aliphatic heterocycles. The Hall–Kier alpha value is -1.20. The zero-order valence-electron chi connectivity index (χ0n) is 16.0. The summed E-state index contributed by atoms with van der Waals surface area (Å²) in [6, 6.07) is 0. The molecular weight excluding hydrogens is 340 g/mol. The van der Waals surface area contributed by atoms with Gasteiger partial charge in [-0.3, -0.25) is 9.59 Å². The molecule has 1 fully saturated rings. The Morgan fingerprint density at radius 1 is 0.731 bits per heavy atom. The number of alkyl halides is 2. The summed E-state index contributed by atoms with van der Waals surface area (Å²) >= 11 is 0. The van der Waals surface area contributed by atoms with E-state index in [1.54, 1.807) is 4.90 Å². The van der Waals surface area contributed by atoms with Crippen LogP contribution in [-0.4, -0.2) is 40.9 Å². The summed E-state index contributed by atoms with van der Waals surface area (Å²) in [6.45, 7) is 0.393. The third-order valence-corrected chi connectivity index (χ3v) is 5.13. The number of carbonyl (C=O) groups excluding carboxylic acids is 1. The van der Waals surface area contributed by atoms with Gasteiger partial charge in [0.1, 0.15) is 0 Å². The Kier molecular flexibility index (Phi) is 11.5. The van der Waals surface area contributed by atoms with Gasteiger partial charge in [0.05, 0.1) is 0 Å². The van der Waals surface area contributed by atoms with Crippen molar-refractivity contribution in [1.82, 2.24) is 4.90 Å². The predicted molar refractivity (Wildman–Crippen MR) is 98.4 cm³/mol. The van der Waals surface area contributed by atoms with E-state index in [-0.39, 0.29) is 38.3 Å². The van der Waals surface area contributed by atoms with Crippen molar-refractivity contribution in [3.63, 3.8) is 0 Å². The predicted octanol–water partition coefficient (Wildman–Crippen LogP) is 5.40. The molecule has 152 valence electrons. The van der Waals surface area contributed by atoms with Crippen LogP contribution in [0.5, 0.6) is 0 Å². The molecule has 6 heteroatoms. The summed E-state index contributed by atoms with van der Waals surface area (Å²) in [7, 11) is 0. The molecule has 26 heavy (non-hydrogen) atoms. The molecule has 0 aromatic rings. The van der Waals surface area contributed by atoms with Crippen LogP contribution in [0.1, 0.15) is 96.3 Å². The number of likely N-dealkylation sites (tertiary alicyclic amines) is 1. The fourth-order valence-corrected chi connectivity index (χ4v) is 3.38. The van der Waals surface area contributed by atoms with Gasteiger partial charge >= 0.3 is 5.97 Å². The molecule has 1 rings (SSSR count). The first kappa shape index (κ1) is 22.8. The molecule has 1 N–H and O–H groups in total. The van der Waals surface area contributed by atoms with Gasteiger partial charge in [-0.2, -0.15) is 0 Å². The third-order valence-electron chi connectivity index (χ3n) is 5.13. The zero-order valence-corrected chi connectivity index (χ0v) is 16.0. The number of unbranched alkanes of at least 4 members (excludes halogenated alkanes) is 10. The minimum Gasteiger partial charge on any atom is -0.481 e. The van der Waals surface area contributed by atoms with Crippen LogP contribution in [0.25, 0.3) is 0 Å². The molecule has 0 atom stereocenters. The number of halogens is 2. The van der Waals surface area contributed by atoms with Crippen LogP contribution in [0.2, 0.25) is 0 Å². The average molecular weight is 376 g/mol. The number of carbonyl (C=O) groups is 2. The van der Waals surface area contributed by atoms with E-state index in [1.165, 1.54) is 32.1 Å². The highest BCUT2D eigenvalue weighted by Gasteiger charge is 2.35. The molecule has 0 aromatic carbocycles. The van der Waals surface area contributed by atoms with Gasteiger partial charge in [-0.1, -0.05) is 57.8 Å². The Balaban J connectivity index is 1.83. The number of amides is 1. The molecule has 1 aliphatic rings. The number of hydrogen-bond donors (Lipinski definition) is 1. The third kappa shape index (κ3) is 11.4. The molecule has 1 amide bonds. The van der Waals surface area contributed by atoms with Gasteiger partial charge in [-0.15, -0.1) is 0 Å². The number of carboxylic acid groups (broad SMARTS) is 1. The van der Waals surface area contributed by atoms with Gasteiger partial charge < -0.3 is 10.0 Å². The van der Waals surface area contributed by atoms with Crippen LogP contribution < -0.4 is 0 Å². The van der Waals surface area contributed by atoms with E-state index >= 15 is 0 Å². The number of nitrogens with zero attached hydrogens (tertiary/aromatic N) is 1. The van der Waals surface area contributed by atoms with Crippen molar-refractivity contribution >= 4 is 11.9 Å². The summed E-state index contributed by atoms with van der Waals surface area (Å²) < 4.78 is 26.1. The van der Waals surface area contributed by atoms with E-state index in [2.05, 4.69) is 0 Å². The topological polar surface area (TPSA) is 57.6 Å². The number of hydrogen-bond acceptors (Lipinski definition) is 2. The van der Waals surface area contributed by atoms with Crippen molar-refractivity contribution in [3.05, 3.63) is 0 Å². The molecule has 0 saturated carbocycles. The summed E-state index contributed by atoms with van der Waals surface area (Å²) in [5, 5.41) is 8.54. The maximum absolute atomic E-state index is 13.1. The Morgan fingerprint density at radius 3 is 1.54 bits per heavy atom. The number of piperidine rings is 1. The zero-order chi connectivity index (χ0) is 19.3. The molecule has 0 radical (unpaired) electrons. The molecule has 1 saturated heterocycles. The van der Waals surface area contributed by atoms with E-state index in [4.69, 9.17) is 5.11 Å². The van der Waals surface area contributed by atoms with Gasteiger partial charge in [0.15, 0.2) is 0 Å². The lowest BCUT2D eigenvalue weighted by Gasteiger charge is -2.31. The number of carboxylic acids is 1. The molecule has 4 nitrogen and oxygen atoms in total. The van der Waals surface area contributed by atoms with Gasteiger partial charge in [-0.05, 0) is 12.8 Å². The lowest BCUT2D eigenvalue weighted by molar-refractivity contribution is -0.138. The normalized spacial score (nSPS) is 16.6. The van der Waals surface area contributed by atoms with Crippen LogP contribution in [-0.2, 0) is 9.59 Å². The standard InChI is InChI=1S/C20H35F2NO3/c21-20(22)14-16-23(17-15-20)18(24)12-10-8-6-4-2-1-3-5-7-9-11-13-19(25)26/h1-17H2,(H,25,26). The summed E-state index contributed by atoms with van der Waals surface area (Å²) in [6.07, 6.45) is 12.3. The smallest absolute Gasteiger partial charge is 0.303 e. The summed E-state index contributed by atoms with van der Waals surface area (Å²) in [5.74, 6) is -3.26. The van der Waals surface area contributed by atoms with Gasteiger partial charge in [0.25, 0.3) is 5.92 Å². The first-order valence-corrected chi connectivity index (χ1v) is 10.3. The fraction of sp³-hybridized carbons (Fsp3) is 0.900. The van der Waals surface area contributed by atoms with Crippen molar-refractivity contribution in [3.8, 4) is 0 Å². The highest BCUT2D eigenvalue weighted by Crippen LogP contribution is 2.28. The SMILES string of the molecule is O=C(O)CCCCCCCCCCCCCC(=O)N1CCC(F)(F)CC1. The maximum atomic E-state index is 13.1. The Labute approximate surface area is 156 Å². The van der Waals surface area contributed by atoms with Crippen LogP contribution in [0.3, 0.4) is 0 Å². The van der Waals surface area contributed by atoms with Crippen molar-refractivity contribution < 1.29 is 23.5 Å². The van der Waals surface area contributed by atoms with Crippen molar-refractivity contribution in [2.45, 2.75) is 102 Å². The maximum Gasteiger partial charge on any atom is 0.303 e. The monoisotopic (exact) mass is 375 g/mol. The minimum absolute atomic E-state index is 0.0309. The molecule has 0 bridgehead atoms. The lowest BCUT2D eigenvalue weighted by atomic mass is 10.0. The molecule has 0 unspecified atom stereocenters. The fourth-order valence-electron chi connectivity index (χ4n) is 3.38. The van der Waals surface area contributed by atoms with Crippen molar-refractivity contribution in [2.24, 2.45) is 0 Å². The van der Waals surface area contributed by atoms with E-state index < -0.39 is 11.9 Å². The second kappa shape index (κ2) is 13.0. The van der Waals surface area contributed by atoms with Crippen LogP contribution in [0, 0.1) is 0 Å². The molecule has 0 spiro atoms. The first-order valence-electron chi connectivity index (χ1n) is 10.3. The highest BCUT2D eigenvalue weighted by atomic mass is 19.3. The van der Waals surface area contributed by atoms with Crippen LogP contribution in [0.4, 0.5) is 8.78 Å². The average Bonchev–Trinajstić information content (AvgIpc) is 2.58. The van der Waals surface area contributed by atoms with E-state index in [0.29, 0.717) is 6.42 Å². The second-order valence-electron chi connectivity index (χ2n) is 7.52. The van der Waals surface area contributed by atoms with E-state index in [1.807, 2.05) is 0 Å². The quantitative estimate of drug-likeness (QED) is 0.414. The largest absolute Gasteiger partial charge is 0.481 e. The van der Waals surface area contributed by atoms with Crippen molar-refractivity contribution in [2.75, 3.05) is 13.1 Å². The van der Waals surface area contributed by atoms with Gasteiger partial charge in [0.2, 0.25) is 5.91 Å². The summed E-state index contributed by atoms with van der Waals surface area (Å²) in [5.41, 5.74) is 0. The van der Waals surface area contributed by atoms with E-state index in [9.17, 15) is 18.4 Å². The lowest BCUT2D eigenvalue weighted by Crippen LogP contribution is -2.42. The van der Waals surface area contributed by atoms with E-state index in [0.717, 1.165) is 38.5 Å². The second-order valence-corrected chi connectivity index (χ2v) is 7.52. The number of rotatable bonds is 14. The van der Waals surface area contributed by atoms with Crippen molar-refractivity contribution in [1.29, 1.82) is 0 Å². The molecule has 0 aromatic heterocycles. The van der Waals surface area contributed by atoms with Gasteiger partial charge in [-0.25, -0.2) is 8.78 Å². The molecule has 1 heterocycles. The van der Waals surface area contributed by atoms with Crippen LogP contribution in [0.15, 0.2) is 0 Å². The Bertz CT molecular complexity index is 406. The number of aliphatic carboxylic acids is 1. The Morgan fingerprint density at radius 2 is 1.12 bits per heavy atom. The minimum atomic E-state index is -2.59. The first-order chi connectivity index (χ1) is 12.4. The summed E-state index contributed by atoms with van der Waals surface area (Å²) in [4.78, 5) is 23.9. The highest BCUT2D eigenvalue weighted by molar-refractivity contribution is 5.76. The van der Waals surface area contributed by atoms with Gasteiger partial charge in [0, 0.05) is 38.8 Å². The molecule has 0 aliphatic carbocycles. The van der Waals surface area contributed by atoms with Crippen LogP contribution >= 0.6 is 0 Å². The molecular formula is C20H35F2NO3.